The quantitative estimate of drug-likeness (QED) is 0.737. The molecule has 0 bridgehead atoms. The van der Waals surface area contributed by atoms with Crippen LogP contribution < -0.4 is 5.32 Å². The fourth-order valence-electron chi connectivity index (χ4n) is 2.29. The van der Waals surface area contributed by atoms with Crippen LogP contribution in [0.3, 0.4) is 0 Å². The molecule has 1 N–H and O–H groups in total. The van der Waals surface area contributed by atoms with Crippen molar-refractivity contribution in [1.29, 1.82) is 0 Å². The predicted molar refractivity (Wildman–Crippen MR) is 95.7 cm³/mol. The maximum Gasteiger partial charge on any atom is 0.255 e. The Kier molecular flexibility index (Phi) is 4.71. The molecule has 0 unspecified atom stereocenters. The predicted octanol–water partition coefficient (Wildman–Crippen LogP) is 3.94. The molecule has 2 aromatic carbocycles. The summed E-state index contributed by atoms with van der Waals surface area (Å²) in [6, 6.07) is 14.9. The molecule has 1 amide bonds. The zero-order valence-corrected chi connectivity index (χ0v) is 14.9. The first-order valence-corrected chi connectivity index (χ1v) is 8.29. The number of benzene rings is 2. The third kappa shape index (κ3) is 3.35. The standard InChI is InChI=1S/C17H16BrN5O/c1-11(2)23-16(20-21-22-23)12-6-5-7-13(10-12)17(24)19-15-9-4-3-8-14(15)18/h3-11H,1-2H3,(H,19,24). The molecule has 3 rings (SSSR count). The molecule has 24 heavy (non-hydrogen) atoms. The maximum absolute atomic E-state index is 12.5. The topological polar surface area (TPSA) is 72.7 Å². The molecule has 122 valence electrons. The Morgan fingerprint density at radius 2 is 1.96 bits per heavy atom. The number of para-hydroxylation sites is 1. The molecule has 0 saturated carbocycles. The fourth-order valence-corrected chi connectivity index (χ4v) is 2.67. The normalized spacial score (nSPS) is 10.8. The highest BCUT2D eigenvalue weighted by molar-refractivity contribution is 9.10. The lowest BCUT2D eigenvalue weighted by molar-refractivity contribution is 0.102. The van der Waals surface area contributed by atoms with Gasteiger partial charge in [0.15, 0.2) is 5.82 Å². The monoisotopic (exact) mass is 385 g/mol. The molecular formula is C17H16BrN5O. The molecule has 0 spiro atoms. The van der Waals surface area contributed by atoms with Crippen molar-refractivity contribution in [2.24, 2.45) is 0 Å². The summed E-state index contributed by atoms with van der Waals surface area (Å²) in [5.41, 5.74) is 2.06. The summed E-state index contributed by atoms with van der Waals surface area (Å²) in [7, 11) is 0. The van der Waals surface area contributed by atoms with Gasteiger partial charge in [-0.1, -0.05) is 24.3 Å². The summed E-state index contributed by atoms with van der Waals surface area (Å²) in [4.78, 5) is 12.5. The minimum Gasteiger partial charge on any atom is -0.321 e. The summed E-state index contributed by atoms with van der Waals surface area (Å²) in [6.45, 7) is 4.01. The first-order chi connectivity index (χ1) is 11.6. The van der Waals surface area contributed by atoms with Gasteiger partial charge in [0.2, 0.25) is 0 Å². The van der Waals surface area contributed by atoms with Crippen LogP contribution in [0.5, 0.6) is 0 Å². The second-order valence-corrected chi connectivity index (χ2v) is 6.41. The number of carbonyl (C=O) groups excluding carboxylic acids is 1. The molecule has 0 fully saturated rings. The highest BCUT2D eigenvalue weighted by Gasteiger charge is 2.14. The third-order valence-corrected chi connectivity index (χ3v) is 4.18. The minimum atomic E-state index is -0.188. The van der Waals surface area contributed by atoms with Gasteiger partial charge in [-0.05, 0) is 64.5 Å². The number of rotatable bonds is 4. The average molecular weight is 386 g/mol. The lowest BCUT2D eigenvalue weighted by Gasteiger charge is -2.10. The molecule has 0 saturated heterocycles. The molecule has 1 heterocycles. The lowest BCUT2D eigenvalue weighted by atomic mass is 10.1. The Hall–Kier alpha value is -2.54. The van der Waals surface area contributed by atoms with Crippen LogP contribution in [0.4, 0.5) is 5.69 Å². The maximum atomic E-state index is 12.5. The Balaban J connectivity index is 1.89. The van der Waals surface area contributed by atoms with Crippen LogP contribution in [0.25, 0.3) is 11.4 Å². The highest BCUT2D eigenvalue weighted by Crippen LogP contribution is 2.23. The van der Waals surface area contributed by atoms with E-state index in [-0.39, 0.29) is 11.9 Å². The first kappa shape index (κ1) is 16.3. The van der Waals surface area contributed by atoms with Gasteiger partial charge in [-0.3, -0.25) is 4.79 Å². The van der Waals surface area contributed by atoms with E-state index in [2.05, 4.69) is 36.8 Å². The van der Waals surface area contributed by atoms with Crippen molar-refractivity contribution in [3.8, 4) is 11.4 Å². The number of tetrazole rings is 1. The average Bonchev–Trinajstić information content (AvgIpc) is 3.07. The number of aromatic nitrogens is 4. The summed E-state index contributed by atoms with van der Waals surface area (Å²) >= 11 is 3.42. The van der Waals surface area contributed by atoms with Crippen LogP contribution in [-0.2, 0) is 0 Å². The van der Waals surface area contributed by atoms with Crippen LogP contribution in [0, 0.1) is 0 Å². The third-order valence-electron chi connectivity index (χ3n) is 3.49. The molecule has 0 aliphatic heterocycles. The fraction of sp³-hybridized carbons (Fsp3) is 0.176. The van der Waals surface area contributed by atoms with Gasteiger partial charge in [0, 0.05) is 15.6 Å². The van der Waals surface area contributed by atoms with Crippen molar-refractivity contribution in [2.45, 2.75) is 19.9 Å². The molecule has 0 aliphatic carbocycles. The Morgan fingerprint density at radius 3 is 2.71 bits per heavy atom. The zero-order valence-electron chi connectivity index (χ0n) is 13.3. The number of hydrogen-bond acceptors (Lipinski definition) is 4. The first-order valence-electron chi connectivity index (χ1n) is 7.50. The molecule has 7 heteroatoms. The van der Waals surface area contributed by atoms with Gasteiger partial charge in [-0.2, -0.15) is 0 Å². The van der Waals surface area contributed by atoms with E-state index >= 15 is 0 Å². The van der Waals surface area contributed by atoms with Crippen molar-refractivity contribution in [2.75, 3.05) is 5.32 Å². The van der Waals surface area contributed by atoms with E-state index in [1.54, 1.807) is 16.8 Å². The Labute approximate surface area is 148 Å². The molecule has 0 atom stereocenters. The van der Waals surface area contributed by atoms with Crippen LogP contribution in [-0.4, -0.2) is 26.1 Å². The smallest absolute Gasteiger partial charge is 0.255 e. The van der Waals surface area contributed by atoms with Gasteiger partial charge < -0.3 is 5.32 Å². The van der Waals surface area contributed by atoms with Crippen LogP contribution in [0.15, 0.2) is 53.0 Å². The SMILES string of the molecule is CC(C)n1nnnc1-c1cccc(C(=O)Nc2ccccc2Br)c1. The van der Waals surface area contributed by atoms with Gasteiger partial charge in [0.1, 0.15) is 0 Å². The molecule has 0 radical (unpaired) electrons. The summed E-state index contributed by atoms with van der Waals surface area (Å²) < 4.78 is 2.56. The van der Waals surface area contributed by atoms with Gasteiger partial charge in [-0.25, -0.2) is 4.68 Å². The van der Waals surface area contributed by atoms with E-state index in [9.17, 15) is 4.79 Å². The second kappa shape index (κ2) is 6.92. The van der Waals surface area contributed by atoms with Crippen LogP contribution >= 0.6 is 15.9 Å². The van der Waals surface area contributed by atoms with E-state index in [1.165, 1.54) is 0 Å². The second-order valence-electron chi connectivity index (χ2n) is 5.56. The van der Waals surface area contributed by atoms with Crippen molar-refractivity contribution in [3.63, 3.8) is 0 Å². The van der Waals surface area contributed by atoms with E-state index in [0.717, 1.165) is 15.7 Å². The highest BCUT2D eigenvalue weighted by atomic mass is 79.9. The minimum absolute atomic E-state index is 0.132. The van der Waals surface area contributed by atoms with Crippen LogP contribution in [0.1, 0.15) is 30.2 Å². The van der Waals surface area contributed by atoms with Crippen molar-refractivity contribution < 1.29 is 4.79 Å². The molecule has 1 aromatic heterocycles. The molecular weight excluding hydrogens is 370 g/mol. The van der Waals surface area contributed by atoms with Crippen LogP contribution in [0.2, 0.25) is 0 Å². The lowest BCUT2D eigenvalue weighted by Crippen LogP contribution is -2.12. The summed E-state index contributed by atoms with van der Waals surface area (Å²) in [5, 5.41) is 14.7. The largest absolute Gasteiger partial charge is 0.321 e. The number of nitrogens with one attached hydrogen (secondary N) is 1. The Bertz CT molecular complexity index is 875. The van der Waals surface area contributed by atoms with E-state index < -0.39 is 0 Å². The van der Waals surface area contributed by atoms with Gasteiger partial charge in [0.25, 0.3) is 5.91 Å². The molecule has 6 nitrogen and oxygen atoms in total. The molecule has 3 aromatic rings. The van der Waals surface area contributed by atoms with E-state index in [1.807, 2.05) is 50.2 Å². The number of amides is 1. The van der Waals surface area contributed by atoms with Crippen molar-refractivity contribution in [3.05, 3.63) is 58.6 Å². The number of carbonyl (C=O) groups is 1. The number of nitrogens with zero attached hydrogens (tertiary/aromatic N) is 4. The van der Waals surface area contributed by atoms with E-state index in [4.69, 9.17) is 0 Å². The van der Waals surface area contributed by atoms with Crippen molar-refractivity contribution >= 4 is 27.5 Å². The summed E-state index contributed by atoms with van der Waals surface area (Å²) in [5.74, 6) is 0.452. The van der Waals surface area contributed by atoms with Crippen molar-refractivity contribution in [1.82, 2.24) is 20.2 Å². The van der Waals surface area contributed by atoms with Gasteiger partial charge in [0.05, 0.1) is 11.7 Å². The van der Waals surface area contributed by atoms with Gasteiger partial charge in [-0.15, -0.1) is 5.10 Å². The molecule has 0 aliphatic rings. The summed E-state index contributed by atoms with van der Waals surface area (Å²) in [6.07, 6.45) is 0. The van der Waals surface area contributed by atoms with Gasteiger partial charge >= 0.3 is 0 Å². The number of halogens is 1. The number of hydrogen-bond donors (Lipinski definition) is 1. The zero-order chi connectivity index (χ0) is 17.1. The Morgan fingerprint density at radius 1 is 1.17 bits per heavy atom. The number of anilines is 1. The van der Waals surface area contributed by atoms with E-state index in [0.29, 0.717) is 11.4 Å².